The maximum Gasteiger partial charge on any atom is 0.199 e. The zero-order chi connectivity index (χ0) is 22.1. The van der Waals surface area contributed by atoms with E-state index >= 15 is 0 Å². The van der Waals surface area contributed by atoms with Crippen molar-refractivity contribution in [1.29, 1.82) is 0 Å². The molecular formula is C26H20FN3O2. The molecular weight excluding hydrogens is 405 g/mol. The molecule has 6 heteroatoms. The highest BCUT2D eigenvalue weighted by molar-refractivity contribution is 5.94. The molecule has 0 atom stereocenters. The van der Waals surface area contributed by atoms with Gasteiger partial charge in [0.15, 0.2) is 17.4 Å². The molecule has 0 saturated heterocycles. The van der Waals surface area contributed by atoms with Gasteiger partial charge in [0.1, 0.15) is 5.75 Å². The number of hydrogen-bond acceptors (Lipinski definition) is 4. The van der Waals surface area contributed by atoms with E-state index in [2.05, 4.69) is 9.97 Å². The Morgan fingerprint density at radius 3 is 2.59 bits per heavy atom. The molecule has 1 N–H and O–H groups in total. The number of ether oxygens (including phenoxy) is 1. The normalized spacial score (nSPS) is 11.1. The Labute approximate surface area is 184 Å². The van der Waals surface area contributed by atoms with Crippen LogP contribution in [0.25, 0.3) is 22.0 Å². The summed E-state index contributed by atoms with van der Waals surface area (Å²) >= 11 is 0. The van der Waals surface area contributed by atoms with Gasteiger partial charge in [-0.2, -0.15) is 0 Å². The molecule has 0 radical (unpaired) electrons. The standard InChI is InChI=1S/C26H20FN3O2/c1-17-12-19(23-14-28-10-11-29-23)13-20-16-30(26(31)25(17)20)15-18-6-8-21(9-7-18)32-24-5-3-2-4-22(24)27/h2-14,16,31H,15H2,1H3. The second-order valence-electron chi connectivity index (χ2n) is 7.61. The van der Waals surface area contributed by atoms with Gasteiger partial charge < -0.3 is 14.4 Å². The van der Waals surface area contributed by atoms with Crippen LogP contribution < -0.4 is 4.74 Å². The van der Waals surface area contributed by atoms with E-state index in [1.165, 1.54) is 6.07 Å². The summed E-state index contributed by atoms with van der Waals surface area (Å²) in [7, 11) is 0. The molecule has 0 spiro atoms. The van der Waals surface area contributed by atoms with Crippen LogP contribution in [0, 0.1) is 12.7 Å². The van der Waals surface area contributed by atoms with E-state index in [4.69, 9.17) is 4.74 Å². The lowest BCUT2D eigenvalue weighted by molar-refractivity contribution is 0.429. The van der Waals surface area contributed by atoms with Crippen LogP contribution in [0.2, 0.25) is 0 Å². The first kappa shape index (κ1) is 19.8. The lowest BCUT2D eigenvalue weighted by Gasteiger charge is -2.09. The Morgan fingerprint density at radius 1 is 1.03 bits per heavy atom. The van der Waals surface area contributed by atoms with E-state index in [0.717, 1.165) is 33.2 Å². The Morgan fingerprint density at radius 2 is 1.84 bits per heavy atom. The summed E-state index contributed by atoms with van der Waals surface area (Å²) in [5.74, 6) is 0.542. The predicted molar refractivity (Wildman–Crippen MR) is 121 cm³/mol. The fourth-order valence-corrected chi connectivity index (χ4v) is 3.83. The Hall–Kier alpha value is -4.19. The van der Waals surface area contributed by atoms with Crippen molar-refractivity contribution >= 4 is 10.8 Å². The first-order valence-electron chi connectivity index (χ1n) is 10.2. The van der Waals surface area contributed by atoms with Crippen molar-refractivity contribution in [1.82, 2.24) is 14.5 Å². The number of nitrogens with zero attached hydrogens (tertiary/aromatic N) is 3. The van der Waals surface area contributed by atoms with Gasteiger partial charge in [-0.25, -0.2) is 4.39 Å². The topological polar surface area (TPSA) is 60.2 Å². The molecule has 0 unspecified atom stereocenters. The summed E-state index contributed by atoms with van der Waals surface area (Å²) in [4.78, 5) is 8.51. The Kier molecular flexibility index (Phi) is 5.03. The first-order valence-corrected chi connectivity index (χ1v) is 10.2. The highest BCUT2D eigenvalue weighted by Crippen LogP contribution is 2.34. The summed E-state index contributed by atoms with van der Waals surface area (Å²) in [6.45, 7) is 2.46. The first-order chi connectivity index (χ1) is 15.6. The third kappa shape index (κ3) is 3.78. The van der Waals surface area contributed by atoms with Gasteiger partial charge in [0, 0.05) is 34.9 Å². The van der Waals surface area contributed by atoms with E-state index in [9.17, 15) is 9.50 Å². The van der Waals surface area contributed by atoms with E-state index < -0.39 is 5.82 Å². The van der Waals surface area contributed by atoms with Gasteiger partial charge >= 0.3 is 0 Å². The highest BCUT2D eigenvalue weighted by Gasteiger charge is 2.14. The number of aromatic nitrogens is 3. The minimum Gasteiger partial charge on any atom is -0.494 e. The molecule has 0 fully saturated rings. The summed E-state index contributed by atoms with van der Waals surface area (Å²) in [5.41, 5.74) is 3.69. The van der Waals surface area contributed by atoms with Crippen molar-refractivity contribution in [2.45, 2.75) is 13.5 Å². The van der Waals surface area contributed by atoms with Gasteiger partial charge in [-0.3, -0.25) is 9.97 Å². The zero-order valence-corrected chi connectivity index (χ0v) is 17.4. The van der Waals surface area contributed by atoms with Crippen LogP contribution in [0.3, 0.4) is 0 Å². The SMILES string of the molecule is Cc1cc(-c2cnccn2)cc2cn(Cc3ccc(Oc4ccccc4F)cc3)c(O)c12. The summed E-state index contributed by atoms with van der Waals surface area (Å²) in [5, 5.41) is 12.6. The quantitative estimate of drug-likeness (QED) is 0.370. The van der Waals surface area contributed by atoms with Crippen molar-refractivity contribution in [3.8, 4) is 28.6 Å². The third-order valence-electron chi connectivity index (χ3n) is 5.36. The highest BCUT2D eigenvalue weighted by atomic mass is 19.1. The Bertz CT molecular complexity index is 1400. The van der Waals surface area contributed by atoms with Crippen LogP contribution in [0.15, 0.2) is 85.5 Å². The largest absolute Gasteiger partial charge is 0.494 e. The summed E-state index contributed by atoms with van der Waals surface area (Å²) < 4.78 is 21.2. The maximum absolute atomic E-state index is 13.8. The molecule has 0 saturated carbocycles. The molecule has 2 heterocycles. The van der Waals surface area contributed by atoms with Crippen molar-refractivity contribution < 1.29 is 14.2 Å². The number of aryl methyl sites for hydroxylation is 1. The van der Waals surface area contributed by atoms with Crippen molar-refractivity contribution in [3.05, 3.63) is 102 Å². The van der Waals surface area contributed by atoms with E-state index in [0.29, 0.717) is 12.3 Å². The fourth-order valence-electron chi connectivity index (χ4n) is 3.83. The van der Waals surface area contributed by atoms with Crippen molar-refractivity contribution in [2.75, 3.05) is 0 Å². The van der Waals surface area contributed by atoms with E-state index in [-0.39, 0.29) is 11.6 Å². The second-order valence-corrected chi connectivity index (χ2v) is 7.61. The van der Waals surface area contributed by atoms with Crippen molar-refractivity contribution in [2.24, 2.45) is 0 Å². The minimum atomic E-state index is -0.406. The van der Waals surface area contributed by atoms with Gasteiger partial charge in [0.2, 0.25) is 0 Å². The molecule has 0 amide bonds. The average Bonchev–Trinajstić information content (AvgIpc) is 3.12. The molecule has 5 aromatic rings. The number of rotatable bonds is 5. The van der Waals surface area contributed by atoms with Gasteiger partial charge in [-0.1, -0.05) is 24.3 Å². The maximum atomic E-state index is 13.8. The van der Waals surface area contributed by atoms with Crippen LogP contribution in [-0.2, 0) is 6.54 Å². The van der Waals surface area contributed by atoms with Crippen LogP contribution in [0.4, 0.5) is 4.39 Å². The van der Waals surface area contributed by atoms with E-state index in [1.54, 1.807) is 48.9 Å². The number of benzene rings is 3. The molecule has 3 aromatic carbocycles. The number of aromatic hydroxyl groups is 1. The number of fused-ring (bicyclic) bond motifs is 1. The second kappa shape index (κ2) is 8.15. The Balaban J connectivity index is 1.41. The third-order valence-corrected chi connectivity index (χ3v) is 5.36. The lowest BCUT2D eigenvalue weighted by atomic mass is 10.0. The van der Waals surface area contributed by atoms with Gasteiger partial charge in [-0.15, -0.1) is 0 Å². The molecule has 2 aromatic heterocycles. The van der Waals surface area contributed by atoms with Gasteiger partial charge in [0.05, 0.1) is 18.4 Å². The van der Waals surface area contributed by atoms with Crippen LogP contribution in [0.1, 0.15) is 11.1 Å². The molecule has 5 nitrogen and oxygen atoms in total. The fraction of sp³-hybridized carbons (Fsp3) is 0.0769. The number of para-hydroxylation sites is 1. The van der Waals surface area contributed by atoms with Gasteiger partial charge in [-0.05, 0) is 54.4 Å². The lowest BCUT2D eigenvalue weighted by Crippen LogP contribution is -1.97. The molecule has 0 aliphatic carbocycles. The molecule has 0 bridgehead atoms. The van der Waals surface area contributed by atoms with Crippen LogP contribution >= 0.6 is 0 Å². The molecule has 0 aliphatic rings. The smallest absolute Gasteiger partial charge is 0.199 e. The number of hydrogen-bond donors (Lipinski definition) is 1. The predicted octanol–water partition coefficient (Wildman–Crippen LogP) is 6.09. The van der Waals surface area contributed by atoms with Crippen LogP contribution in [0.5, 0.6) is 17.4 Å². The van der Waals surface area contributed by atoms with Crippen molar-refractivity contribution in [3.63, 3.8) is 0 Å². The van der Waals surface area contributed by atoms with Gasteiger partial charge in [0.25, 0.3) is 0 Å². The summed E-state index contributed by atoms with van der Waals surface area (Å²) in [6, 6.07) is 17.7. The molecule has 32 heavy (non-hydrogen) atoms. The van der Waals surface area contributed by atoms with E-state index in [1.807, 2.05) is 42.0 Å². The molecule has 0 aliphatic heterocycles. The zero-order valence-electron chi connectivity index (χ0n) is 17.4. The number of halogens is 1. The van der Waals surface area contributed by atoms with Crippen LogP contribution in [-0.4, -0.2) is 19.6 Å². The minimum absolute atomic E-state index is 0.184. The summed E-state index contributed by atoms with van der Waals surface area (Å²) in [6.07, 6.45) is 6.96. The average molecular weight is 425 g/mol. The molecule has 158 valence electrons. The molecule has 5 rings (SSSR count). The monoisotopic (exact) mass is 425 g/mol.